The predicted molar refractivity (Wildman–Crippen MR) is 75.9 cm³/mol. The summed E-state index contributed by atoms with van der Waals surface area (Å²) in [6.45, 7) is 4.71. The maximum Gasteiger partial charge on any atom is 0.104 e. The number of halogens is 1. The molecule has 18 heavy (non-hydrogen) atoms. The van der Waals surface area contributed by atoms with Crippen LogP contribution in [0, 0.1) is 0 Å². The highest BCUT2D eigenvalue weighted by Crippen LogP contribution is 2.12. The zero-order valence-corrected chi connectivity index (χ0v) is 13.7. The lowest BCUT2D eigenvalue weighted by atomic mass is 10.1. The van der Waals surface area contributed by atoms with E-state index >= 15 is 0 Å². The van der Waals surface area contributed by atoms with Gasteiger partial charge in [-0.2, -0.15) is 0 Å². The summed E-state index contributed by atoms with van der Waals surface area (Å²) in [6, 6.07) is 10.8. The monoisotopic (exact) mass is 313 g/mol. The van der Waals surface area contributed by atoms with Crippen molar-refractivity contribution in [1.29, 1.82) is 0 Å². The molecule has 0 amide bonds. The minimum atomic E-state index is 0. The van der Waals surface area contributed by atoms with Crippen molar-refractivity contribution < 1.29 is 21.5 Å². The maximum atomic E-state index is 2.34. The van der Waals surface area contributed by atoms with E-state index in [1.165, 1.54) is 44.2 Å². The molecule has 0 fully saturated rings. The van der Waals surface area contributed by atoms with Gasteiger partial charge >= 0.3 is 0 Å². The maximum absolute atomic E-state index is 2.34. The molecule has 0 atom stereocenters. The lowest BCUT2D eigenvalue weighted by Crippen LogP contribution is -3.00. The molecule has 0 aromatic heterocycles. The Kier molecular flexibility index (Phi) is 9.39. The molecule has 1 aromatic rings. The second kappa shape index (κ2) is 9.57. The molecule has 0 N–H and O–H groups in total. The van der Waals surface area contributed by atoms with Gasteiger partial charge in [-0.3, -0.25) is 0 Å². The van der Waals surface area contributed by atoms with Gasteiger partial charge in [0.1, 0.15) is 6.54 Å². The lowest BCUT2D eigenvalue weighted by molar-refractivity contribution is -0.903. The molecule has 0 aliphatic rings. The Balaban J connectivity index is 0.00000289. The summed E-state index contributed by atoms with van der Waals surface area (Å²) in [5.74, 6) is 0. The second-order valence-corrected chi connectivity index (χ2v) is 5.72. The van der Waals surface area contributed by atoms with E-state index in [1.54, 1.807) is 0 Å². The highest BCUT2D eigenvalue weighted by atomic mass is 79.9. The Morgan fingerprint density at radius 3 is 2.11 bits per heavy atom. The molecule has 1 aromatic carbocycles. The summed E-state index contributed by atoms with van der Waals surface area (Å²) in [6.07, 6.45) is 6.89. The summed E-state index contributed by atoms with van der Waals surface area (Å²) in [7, 11) is 4.68. The van der Waals surface area contributed by atoms with Crippen LogP contribution in [0.25, 0.3) is 0 Å². The third kappa shape index (κ3) is 7.88. The predicted octanol–water partition coefficient (Wildman–Crippen LogP) is 1.24. The normalized spacial score (nSPS) is 11.1. The first-order chi connectivity index (χ1) is 8.14. The number of hydrogen-bond donors (Lipinski definition) is 0. The van der Waals surface area contributed by atoms with Crippen molar-refractivity contribution in [3.8, 4) is 0 Å². The first-order valence-electron chi connectivity index (χ1n) is 7.00. The van der Waals surface area contributed by atoms with Gasteiger partial charge in [0.25, 0.3) is 0 Å². The van der Waals surface area contributed by atoms with Gasteiger partial charge in [-0.15, -0.1) is 0 Å². The van der Waals surface area contributed by atoms with Crippen molar-refractivity contribution in [2.45, 2.75) is 45.6 Å². The van der Waals surface area contributed by atoms with Crippen LogP contribution >= 0.6 is 0 Å². The summed E-state index contributed by atoms with van der Waals surface area (Å²) in [4.78, 5) is 0. The number of quaternary nitrogens is 1. The second-order valence-electron chi connectivity index (χ2n) is 5.72. The van der Waals surface area contributed by atoms with Crippen molar-refractivity contribution >= 4 is 0 Å². The third-order valence-electron chi connectivity index (χ3n) is 3.32. The molecule has 0 aliphatic heterocycles. The average molecular weight is 314 g/mol. The molecular formula is C16H28BrN. The van der Waals surface area contributed by atoms with Crippen LogP contribution < -0.4 is 17.0 Å². The molecule has 1 nitrogen and oxygen atoms in total. The molecule has 0 radical (unpaired) electrons. The number of benzene rings is 1. The van der Waals surface area contributed by atoms with Gasteiger partial charge in [0, 0.05) is 5.56 Å². The number of rotatable bonds is 8. The van der Waals surface area contributed by atoms with Gasteiger partial charge in [-0.1, -0.05) is 56.5 Å². The van der Waals surface area contributed by atoms with Crippen LogP contribution in [0.3, 0.4) is 0 Å². The average Bonchev–Trinajstić information content (AvgIpc) is 2.29. The smallest absolute Gasteiger partial charge is 0.104 e. The van der Waals surface area contributed by atoms with Gasteiger partial charge in [-0.25, -0.2) is 0 Å². The Hall–Kier alpha value is -0.340. The third-order valence-corrected chi connectivity index (χ3v) is 3.32. The molecule has 1 rings (SSSR count). The fourth-order valence-corrected chi connectivity index (χ4v) is 2.30. The fourth-order valence-electron chi connectivity index (χ4n) is 2.30. The quantitative estimate of drug-likeness (QED) is 0.500. The van der Waals surface area contributed by atoms with E-state index in [-0.39, 0.29) is 17.0 Å². The van der Waals surface area contributed by atoms with Crippen LogP contribution in [0.1, 0.15) is 44.6 Å². The van der Waals surface area contributed by atoms with Crippen LogP contribution in [0.4, 0.5) is 0 Å². The van der Waals surface area contributed by atoms with E-state index in [4.69, 9.17) is 0 Å². The topological polar surface area (TPSA) is 0 Å². The van der Waals surface area contributed by atoms with Gasteiger partial charge in [0.15, 0.2) is 0 Å². The molecule has 2 heteroatoms. The SMILES string of the molecule is CCCCCCC[N+](C)(C)Cc1ccccc1.[Br-]. The fraction of sp³-hybridized carbons (Fsp3) is 0.625. The van der Waals surface area contributed by atoms with E-state index in [2.05, 4.69) is 51.4 Å². The van der Waals surface area contributed by atoms with Crippen LogP contribution in [-0.2, 0) is 6.54 Å². The van der Waals surface area contributed by atoms with E-state index in [0.717, 1.165) is 11.0 Å². The largest absolute Gasteiger partial charge is 1.00 e. The number of unbranched alkanes of at least 4 members (excludes halogenated alkanes) is 4. The molecule has 0 saturated carbocycles. The molecule has 104 valence electrons. The van der Waals surface area contributed by atoms with Crippen LogP contribution in [0.2, 0.25) is 0 Å². The van der Waals surface area contributed by atoms with Gasteiger partial charge < -0.3 is 21.5 Å². The molecule has 0 aliphatic carbocycles. The number of nitrogens with zero attached hydrogens (tertiary/aromatic N) is 1. The first kappa shape index (κ1) is 17.7. The highest BCUT2D eigenvalue weighted by molar-refractivity contribution is 5.13. The molecular weight excluding hydrogens is 286 g/mol. The minimum Gasteiger partial charge on any atom is -1.00 e. The molecule has 0 saturated heterocycles. The van der Waals surface area contributed by atoms with Crippen LogP contribution in [0.5, 0.6) is 0 Å². The van der Waals surface area contributed by atoms with E-state index < -0.39 is 0 Å². The summed E-state index contributed by atoms with van der Waals surface area (Å²) in [5.41, 5.74) is 1.45. The zero-order chi connectivity index (χ0) is 12.6. The molecule has 0 spiro atoms. The summed E-state index contributed by atoms with van der Waals surface area (Å²) < 4.78 is 1.11. The van der Waals surface area contributed by atoms with E-state index in [9.17, 15) is 0 Å². The van der Waals surface area contributed by atoms with Crippen molar-refractivity contribution in [2.24, 2.45) is 0 Å². The zero-order valence-electron chi connectivity index (χ0n) is 12.2. The Morgan fingerprint density at radius 2 is 1.50 bits per heavy atom. The van der Waals surface area contributed by atoms with Gasteiger partial charge in [-0.05, 0) is 12.8 Å². The molecule has 0 unspecified atom stereocenters. The van der Waals surface area contributed by atoms with Crippen molar-refractivity contribution in [2.75, 3.05) is 20.6 Å². The Bertz CT molecular complexity index is 295. The molecule has 0 bridgehead atoms. The van der Waals surface area contributed by atoms with Gasteiger partial charge in [0.05, 0.1) is 20.6 Å². The van der Waals surface area contributed by atoms with Crippen molar-refractivity contribution in [3.05, 3.63) is 35.9 Å². The standard InChI is InChI=1S/C16H28N.BrH/c1-4-5-6-7-11-14-17(2,3)15-16-12-9-8-10-13-16;/h8-10,12-13H,4-7,11,14-15H2,1-3H3;1H/q+1;/p-1. The Morgan fingerprint density at radius 1 is 0.889 bits per heavy atom. The minimum absolute atomic E-state index is 0. The Labute approximate surface area is 124 Å². The van der Waals surface area contributed by atoms with Crippen molar-refractivity contribution in [3.63, 3.8) is 0 Å². The first-order valence-corrected chi connectivity index (χ1v) is 7.00. The highest BCUT2D eigenvalue weighted by Gasteiger charge is 2.14. The number of hydrogen-bond acceptors (Lipinski definition) is 0. The van der Waals surface area contributed by atoms with Gasteiger partial charge in [0.2, 0.25) is 0 Å². The van der Waals surface area contributed by atoms with E-state index in [1.807, 2.05) is 0 Å². The molecule has 0 heterocycles. The van der Waals surface area contributed by atoms with Crippen LogP contribution in [0.15, 0.2) is 30.3 Å². The van der Waals surface area contributed by atoms with E-state index in [0.29, 0.717) is 0 Å². The van der Waals surface area contributed by atoms with Crippen molar-refractivity contribution in [1.82, 2.24) is 0 Å². The van der Waals surface area contributed by atoms with Crippen LogP contribution in [-0.4, -0.2) is 25.1 Å². The summed E-state index contributed by atoms with van der Waals surface area (Å²) in [5, 5.41) is 0. The lowest BCUT2D eigenvalue weighted by Gasteiger charge is -2.30. The summed E-state index contributed by atoms with van der Waals surface area (Å²) >= 11 is 0.